The van der Waals surface area contributed by atoms with Gasteiger partial charge in [-0.2, -0.15) is 4.98 Å². The summed E-state index contributed by atoms with van der Waals surface area (Å²) in [5.74, 6) is 1.22. The lowest BCUT2D eigenvalue weighted by atomic mass is 9.97. The molecule has 1 aliphatic rings. The molecule has 1 aromatic heterocycles. The van der Waals surface area contributed by atoms with Crippen molar-refractivity contribution in [3.05, 3.63) is 76.2 Å². The number of ether oxygens (including phenoxy) is 3. The molecule has 168 valence electrons. The first kappa shape index (κ1) is 22.0. The van der Waals surface area contributed by atoms with Crippen LogP contribution < -0.4 is 15.0 Å². The Morgan fingerprint density at radius 1 is 1.16 bits per heavy atom. The van der Waals surface area contributed by atoms with E-state index in [0.717, 1.165) is 11.3 Å². The minimum atomic E-state index is -0.572. The third kappa shape index (κ3) is 5.16. The van der Waals surface area contributed by atoms with Crippen molar-refractivity contribution in [3.63, 3.8) is 0 Å². The second-order valence-corrected chi connectivity index (χ2v) is 8.08. The molecule has 0 saturated carbocycles. The number of aromatic nitrogens is 2. The van der Waals surface area contributed by atoms with Crippen molar-refractivity contribution in [3.8, 4) is 22.9 Å². The van der Waals surface area contributed by atoms with Crippen molar-refractivity contribution < 1.29 is 18.6 Å². The molecule has 0 N–H and O–H groups in total. The standard InChI is InChI=1S/C25H27FN2O4/c1-17(2)19-4-3-5-20(12-19)18-6-8-22(9-7-18)31-16-23-14-28-21(15-30-11-10-26)13-24(29)27-25(28)32-23/h3-9,12-13,17,23H,10-11,14-16H2,1-2H3/t23-/m0/s1. The summed E-state index contributed by atoms with van der Waals surface area (Å²) in [6.07, 6.45) is -0.286. The Balaban J connectivity index is 1.37. The fourth-order valence-electron chi connectivity index (χ4n) is 3.65. The summed E-state index contributed by atoms with van der Waals surface area (Å²) in [4.78, 5) is 15.7. The Kier molecular flexibility index (Phi) is 6.85. The van der Waals surface area contributed by atoms with Crippen LogP contribution in [0.3, 0.4) is 0 Å². The zero-order valence-electron chi connectivity index (χ0n) is 18.3. The summed E-state index contributed by atoms with van der Waals surface area (Å²) < 4.78 is 31.0. The average Bonchev–Trinajstić information content (AvgIpc) is 3.21. The highest BCUT2D eigenvalue weighted by atomic mass is 19.1. The Morgan fingerprint density at radius 2 is 1.97 bits per heavy atom. The average molecular weight is 438 g/mol. The second-order valence-electron chi connectivity index (χ2n) is 8.08. The highest BCUT2D eigenvalue weighted by Gasteiger charge is 2.26. The van der Waals surface area contributed by atoms with Gasteiger partial charge in [0.2, 0.25) is 0 Å². The van der Waals surface area contributed by atoms with Gasteiger partial charge in [0.1, 0.15) is 19.0 Å². The van der Waals surface area contributed by atoms with E-state index in [0.29, 0.717) is 24.8 Å². The molecule has 6 nitrogen and oxygen atoms in total. The predicted molar refractivity (Wildman–Crippen MR) is 120 cm³/mol. The quantitative estimate of drug-likeness (QED) is 0.465. The van der Waals surface area contributed by atoms with Gasteiger partial charge in [-0.3, -0.25) is 9.36 Å². The fraction of sp³-hybridized carbons (Fsp3) is 0.360. The van der Waals surface area contributed by atoms with Crippen LogP contribution in [0.25, 0.3) is 11.1 Å². The molecule has 0 amide bonds. The lowest BCUT2D eigenvalue weighted by Gasteiger charge is -2.12. The van der Waals surface area contributed by atoms with Gasteiger partial charge in [0.05, 0.1) is 25.5 Å². The van der Waals surface area contributed by atoms with Crippen molar-refractivity contribution in [2.24, 2.45) is 0 Å². The van der Waals surface area contributed by atoms with Crippen LogP contribution in [0.2, 0.25) is 0 Å². The largest absolute Gasteiger partial charge is 0.490 e. The number of rotatable bonds is 9. The number of benzene rings is 2. The van der Waals surface area contributed by atoms with Crippen LogP contribution in [0.5, 0.6) is 11.8 Å². The summed E-state index contributed by atoms with van der Waals surface area (Å²) in [5.41, 5.74) is 3.82. The molecule has 0 spiro atoms. The maximum absolute atomic E-state index is 12.3. The van der Waals surface area contributed by atoms with Crippen molar-refractivity contribution >= 4 is 0 Å². The molecule has 3 aromatic rings. The van der Waals surface area contributed by atoms with E-state index in [9.17, 15) is 9.18 Å². The minimum Gasteiger partial charge on any atom is -0.490 e. The summed E-state index contributed by atoms with van der Waals surface area (Å²) >= 11 is 0. The van der Waals surface area contributed by atoms with Crippen LogP contribution >= 0.6 is 0 Å². The molecule has 1 atom stereocenters. The van der Waals surface area contributed by atoms with Crippen molar-refractivity contribution in [1.29, 1.82) is 0 Å². The molecule has 0 aliphatic carbocycles. The number of alkyl halides is 1. The molecule has 0 bridgehead atoms. The van der Waals surface area contributed by atoms with Crippen molar-refractivity contribution in [2.45, 2.75) is 39.0 Å². The molecule has 1 aliphatic heterocycles. The zero-order chi connectivity index (χ0) is 22.5. The zero-order valence-corrected chi connectivity index (χ0v) is 18.3. The lowest BCUT2D eigenvalue weighted by Crippen LogP contribution is -2.23. The first-order valence-electron chi connectivity index (χ1n) is 10.8. The van der Waals surface area contributed by atoms with Gasteiger partial charge in [-0.05, 0) is 34.7 Å². The smallest absolute Gasteiger partial charge is 0.300 e. The summed E-state index contributed by atoms with van der Waals surface area (Å²) in [6, 6.07) is 18.1. The molecule has 4 rings (SSSR count). The first-order chi connectivity index (χ1) is 15.5. The molecule has 2 aromatic carbocycles. The maximum Gasteiger partial charge on any atom is 0.300 e. The van der Waals surface area contributed by atoms with Gasteiger partial charge in [-0.15, -0.1) is 0 Å². The topological polar surface area (TPSA) is 62.6 Å². The predicted octanol–water partition coefficient (Wildman–Crippen LogP) is 4.36. The van der Waals surface area contributed by atoms with Gasteiger partial charge in [0.25, 0.3) is 5.56 Å². The number of hydrogen-bond acceptors (Lipinski definition) is 5. The van der Waals surface area contributed by atoms with Crippen LogP contribution in [-0.4, -0.2) is 35.5 Å². The normalized spacial score (nSPS) is 14.9. The molecular formula is C25H27FN2O4. The Labute approximate surface area is 186 Å². The Morgan fingerprint density at radius 3 is 2.72 bits per heavy atom. The third-order valence-corrected chi connectivity index (χ3v) is 5.38. The molecular weight excluding hydrogens is 411 g/mol. The van der Waals surface area contributed by atoms with Crippen molar-refractivity contribution in [2.75, 3.05) is 19.9 Å². The van der Waals surface area contributed by atoms with Gasteiger partial charge in [-0.25, -0.2) is 4.39 Å². The van der Waals surface area contributed by atoms with Gasteiger partial charge in [-0.1, -0.05) is 50.2 Å². The Bertz CT molecular complexity index is 1110. The SMILES string of the molecule is CC(C)c1cccc(-c2ccc(OC[C@@H]3Cn4c(COCCF)cc(=O)nc4O3)cc2)c1. The van der Waals surface area contributed by atoms with E-state index in [1.54, 1.807) is 4.57 Å². The Hall–Kier alpha value is -3.19. The van der Waals surface area contributed by atoms with Crippen LogP contribution in [-0.2, 0) is 17.9 Å². The second kappa shape index (κ2) is 9.96. The van der Waals surface area contributed by atoms with E-state index in [4.69, 9.17) is 14.2 Å². The number of fused-ring (bicyclic) bond motifs is 1. The minimum absolute atomic E-state index is 0.0169. The monoisotopic (exact) mass is 438 g/mol. The van der Waals surface area contributed by atoms with Crippen LogP contribution in [0.1, 0.15) is 31.0 Å². The molecule has 0 fully saturated rings. The van der Waals surface area contributed by atoms with Gasteiger partial charge in [0.15, 0.2) is 6.10 Å². The van der Waals surface area contributed by atoms with Gasteiger partial charge < -0.3 is 14.2 Å². The molecule has 7 heteroatoms. The van der Waals surface area contributed by atoms with Gasteiger partial charge in [0, 0.05) is 6.07 Å². The van der Waals surface area contributed by atoms with E-state index >= 15 is 0 Å². The van der Waals surface area contributed by atoms with E-state index in [1.165, 1.54) is 17.2 Å². The third-order valence-electron chi connectivity index (χ3n) is 5.38. The summed E-state index contributed by atoms with van der Waals surface area (Å²) in [5, 5.41) is 0. The lowest BCUT2D eigenvalue weighted by molar-refractivity contribution is 0.101. The summed E-state index contributed by atoms with van der Waals surface area (Å²) in [7, 11) is 0. The molecule has 0 unspecified atom stereocenters. The first-order valence-corrected chi connectivity index (χ1v) is 10.8. The summed E-state index contributed by atoms with van der Waals surface area (Å²) in [6.45, 7) is 4.71. The molecule has 2 heterocycles. The number of halogens is 1. The highest BCUT2D eigenvalue weighted by Crippen LogP contribution is 2.26. The van der Waals surface area contributed by atoms with E-state index < -0.39 is 12.2 Å². The number of nitrogens with zero attached hydrogens (tertiary/aromatic N) is 2. The van der Waals surface area contributed by atoms with E-state index in [2.05, 4.69) is 43.1 Å². The van der Waals surface area contributed by atoms with Crippen LogP contribution in [0.4, 0.5) is 4.39 Å². The molecule has 0 saturated heterocycles. The molecule has 32 heavy (non-hydrogen) atoms. The van der Waals surface area contributed by atoms with Crippen molar-refractivity contribution in [1.82, 2.24) is 9.55 Å². The highest BCUT2D eigenvalue weighted by molar-refractivity contribution is 5.65. The van der Waals surface area contributed by atoms with E-state index in [-0.39, 0.29) is 25.3 Å². The van der Waals surface area contributed by atoms with Crippen LogP contribution in [0, 0.1) is 0 Å². The maximum atomic E-state index is 12.3. The van der Waals surface area contributed by atoms with Gasteiger partial charge >= 0.3 is 6.01 Å². The number of hydrogen-bond donors (Lipinski definition) is 0. The van der Waals surface area contributed by atoms with E-state index in [1.807, 2.05) is 24.3 Å². The fourth-order valence-corrected chi connectivity index (χ4v) is 3.65. The van der Waals surface area contributed by atoms with Crippen LogP contribution in [0.15, 0.2) is 59.4 Å². The molecule has 0 radical (unpaired) electrons.